The number of aromatic nitrogens is 3. The van der Waals surface area contributed by atoms with Crippen LogP contribution < -0.4 is 0 Å². The highest BCUT2D eigenvalue weighted by atomic mass is 15.1. The van der Waals surface area contributed by atoms with Gasteiger partial charge >= 0.3 is 0 Å². The molecule has 0 spiro atoms. The molecule has 0 aliphatic carbocycles. The molecule has 8 rings (SSSR count). The van der Waals surface area contributed by atoms with Crippen molar-refractivity contribution in [3.63, 3.8) is 0 Å². The van der Waals surface area contributed by atoms with Gasteiger partial charge in [-0.3, -0.25) is 9.55 Å². The van der Waals surface area contributed by atoms with E-state index < -0.39 is 0 Å². The second-order valence-corrected chi connectivity index (χ2v) is 10.7. The van der Waals surface area contributed by atoms with Crippen LogP contribution in [0.4, 0.5) is 0 Å². The van der Waals surface area contributed by atoms with E-state index in [1.165, 1.54) is 43.8 Å². The molecule has 42 heavy (non-hydrogen) atoms. The maximum atomic E-state index is 4.78. The van der Waals surface area contributed by atoms with E-state index in [9.17, 15) is 0 Å². The number of nitrogens with zero attached hydrogens (tertiary/aromatic N) is 3. The highest BCUT2D eigenvalue weighted by Crippen LogP contribution is 2.44. The quantitative estimate of drug-likeness (QED) is 0.209. The van der Waals surface area contributed by atoms with Crippen LogP contribution in [0.25, 0.3) is 71.6 Å². The molecule has 0 aliphatic heterocycles. The summed E-state index contributed by atoms with van der Waals surface area (Å²) >= 11 is 0. The summed E-state index contributed by atoms with van der Waals surface area (Å²) in [6, 6.07) is 47.8. The maximum absolute atomic E-state index is 4.78. The van der Waals surface area contributed by atoms with Crippen molar-refractivity contribution in [2.75, 3.05) is 0 Å². The smallest absolute Gasteiger partial charge is 0.111 e. The van der Waals surface area contributed by atoms with Gasteiger partial charge in [0.15, 0.2) is 0 Å². The van der Waals surface area contributed by atoms with Crippen LogP contribution in [-0.4, -0.2) is 14.5 Å². The standard InChI is InChI=1S/C39H27N3/c1-26-41-36-17-6-7-18-37(36)42(26)31-21-19-27(20-22-31)38-32-13-2-4-15-34(32)39(35-16-5-3-14-33(35)38)29-11-8-10-28(24-29)30-12-9-23-40-25-30/h2-25H,1H3. The molecule has 0 atom stereocenters. The van der Waals surface area contributed by atoms with E-state index in [1.807, 2.05) is 24.5 Å². The summed E-state index contributed by atoms with van der Waals surface area (Å²) in [4.78, 5) is 9.12. The first-order chi connectivity index (χ1) is 20.8. The molecule has 0 radical (unpaired) electrons. The summed E-state index contributed by atoms with van der Waals surface area (Å²) in [5, 5.41) is 4.98. The summed E-state index contributed by atoms with van der Waals surface area (Å²) in [6.45, 7) is 2.07. The van der Waals surface area contributed by atoms with Crippen molar-refractivity contribution in [3.05, 3.63) is 152 Å². The van der Waals surface area contributed by atoms with E-state index >= 15 is 0 Å². The maximum Gasteiger partial charge on any atom is 0.111 e. The van der Waals surface area contributed by atoms with Crippen molar-refractivity contribution in [2.45, 2.75) is 6.92 Å². The van der Waals surface area contributed by atoms with E-state index in [1.54, 1.807) is 0 Å². The third-order valence-electron chi connectivity index (χ3n) is 8.22. The molecule has 8 aromatic rings. The molecule has 0 saturated heterocycles. The first-order valence-electron chi connectivity index (χ1n) is 14.3. The van der Waals surface area contributed by atoms with Crippen LogP contribution in [0.1, 0.15) is 5.82 Å². The number of imidazole rings is 1. The number of aryl methyl sites for hydroxylation is 1. The molecule has 3 nitrogen and oxygen atoms in total. The number of benzene rings is 6. The summed E-state index contributed by atoms with van der Waals surface area (Å²) in [7, 11) is 0. The Morgan fingerprint density at radius 2 is 1.10 bits per heavy atom. The van der Waals surface area contributed by atoms with Crippen LogP contribution >= 0.6 is 0 Å². The molecule has 2 heterocycles. The Morgan fingerprint density at radius 1 is 0.500 bits per heavy atom. The minimum absolute atomic E-state index is 0.984. The molecule has 0 unspecified atom stereocenters. The van der Waals surface area contributed by atoms with Gasteiger partial charge in [-0.1, -0.05) is 97.1 Å². The number of para-hydroxylation sites is 2. The molecule has 0 amide bonds. The molecule has 2 aromatic heterocycles. The van der Waals surface area contributed by atoms with Crippen molar-refractivity contribution >= 4 is 32.6 Å². The Kier molecular flexibility index (Phi) is 5.68. The fourth-order valence-corrected chi connectivity index (χ4v) is 6.39. The van der Waals surface area contributed by atoms with Gasteiger partial charge in [-0.2, -0.15) is 0 Å². The fraction of sp³-hybridized carbons (Fsp3) is 0.0256. The normalized spacial score (nSPS) is 11.5. The van der Waals surface area contributed by atoms with Gasteiger partial charge in [-0.15, -0.1) is 0 Å². The Hall–Kier alpha value is -5.54. The van der Waals surface area contributed by atoms with E-state index in [2.05, 4.69) is 138 Å². The zero-order valence-corrected chi connectivity index (χ0v) is 23.2. The number of hydrogen-bond acceptors (Lipinski definition) is 2. The van der Waals surface area contributed by atoms with E-state index in [-0.39, 0.29) is 0 Å². The number of fused-ring (bicyclic) bond motifs is 3. The molecule has 3 heteroatoms. The summed E-state index contributed by atoms with van der Waals surface area (Å²) in [5.41, 5.74) is 10.4. The second-order valence-electron chi connectivity index (χ2n) is 10.7. The van der Waals surface area contributed by atoms with Gasteiger partial charge in [0, 0.05) is 23.6 Å². The molecule has 198 valence electrons. The van der Waals surface area contributed by atoms with Crippen LogP contribution in [0.5, 0.6) is 0 Å². The molecule has 0 aliphatic rings. The van der Waals surface area contributed by atoms with E-state index in [0.29, 0.717) is 0 Å². The van der Waals surface area contributed by atoms with Crippen molar-refractivity contribution in [3.8, 4) is 39.1 Å². The van der Waals surface area contributed by atoms with Gasteiger partial charge < -0.3 is 0 Å². The predicted molar refractivity (Wildman–Crippen MR) is 175 cm³/mol. The largest absolute Gasteiger partial charge is 0.297 e. The van der Waals surface area contributed by atoms with Gasteiger partial charge in [-0.05, 0) is 92.7 Å². The number of rotatable bonds is 4. The Bertz CT molecular complexity index is 2190. The van der Waals surface area contributed by atoms with Crippen molar-refractivity contribution in [2.24, 2.45) is 0 Å². The Morgan fingerprint density at radius 3 is 1.76 bits per heavy atom. The average molecular weight is 538 g/mol. The third-order valence-corrected chi connectivity index (χ3v) is 8.22. The molecule has 0 fully saturated rings. The zero-order chi connectivity index (χ0) is 28.0. The number of hydrogen-bond donors (Lipinski definition) is 0. The topological polar surface area (TPSA) is 30.7 Å². The van der Waals surface area contributed by atoms with Gasteiger partial charge in [0.2, 0.25) is 0 Å². The molecule has 0 bridgehead atoms. The summed E-state index contributed by atoms with van der Waals surface area (Å²) in [6.07, 6.45) is 3.74. The first kappa shape index (κ1) is 24.3. The summed E-state index contributed by atoms with van der Waals surface area (Å²) < 4.78 is 2.23. The average Bonchev–Trinajstić information content (AvgIpc) is 3.39. The lowest BCUT2D eigenvalue weighted by Crippen LogP contribution is -1.97. The Labute approximate surface area is 244 Å². The third kappa shape index (κ3) is 3.90. The molecule has 0 N–H and O–H groups in total. The lowest BCUT2D eigenvalue weighted by atomic mass is 9.85. The van der Waals surface area contributed by atoms with Crippen LogP contribution in [-0.2, 0) is 0 Å². The number of pyridine rings is 1. The molecule has 6 aromatic carbocycles. The molecule has 0 saturated carbocycles. The van der Waals surface area contributed by atoms with Crippen LogP contribution in [0.2, 0.25) is 0 Å². The highest BCUT2D eigenvalue weighted by Gasteiger charge is 2.17. The van der Waals surface area contributed by atoms with Gasteiger partial charge in [0.25, 0.3) is 0 Å². The molecular formula is C39H27N3. The highest BCUT2D eigenvalue weighted by molar-refractivity contribution is 6.21. The van der Waals surface area contributed by atoms with Crippen molar-refractivity contribution in [1.29, 1.82) is 0 Å². The van der Waals surface area contributed by atoms with Crippen LogP contribution in [0, 0.1) is 6.92 Å². The minimum atomic E-state index is 0.984. The van der Waals surface area contributed by atoms with Crippen LogP contribution in [0.3, 0.4) is 0 Å². The molecular weight excluding hydrogens is 510 g/mol. The lowest BCUT2D eigenvalue weighted by molar-refractivity contribution is 1.00. The Balaban J connectivity index is 1.34. The van der Waals surface area contributed by atoms with Gasteiger partial charge in [0.1, 0.15) is 5.82 Å². The first-order valence-corrected chi connectivity index (χ1v) is 14.3. The van der Waals surface area contributed by atoms with E-state index in [0.717, 1.165) is 33.7 Å². The second kappa shape index (κ2) is 9.83. The van der Waals surface area contributed by atoms with Gasteiger partial charge in [0.05, 0.1) is 11.0 Å². The predicted octanol–water partition coefficient (Wildman–Crippen LogP) is 10.0. The van der Waals surface area contributed by atoms with Gasteiger partial charge in [-0.25, -0.2) is 4.98 Å². The monoisotopic (exact) mass is 537 g/mol. The van der Waals surface area contributed by atoms with Crippen LogP contribution in [0.15, 0.2) is 146 Å². The summed E-state index contributed by atoms with van der Waals surface area (Å²) in [5.74, 6) is 0.984. The SMILES string of the molecule is Cc1nc2ccccc2n1-c1ccc(-c2c3ccccc3c(-c3cccc(-c4cccnc4)c3)c3ccccc23)cc1. The van der Waals surface area contributed by atoms with Crippen molar-refractivity contribution in [1.82, 2.24) is 14.5 Å². The minimum Gasteiger partial charge on any atom is -0.297 e. The van der Waals surface area contributed by atoms with Crippen molar-refractivity contribution < 1.29 is 0 Å². The zero-order valence-electron chi connectivity index (χ0n) is 23.2. The van der Waals surface area contributed by atoms with E-state index in [4.69, 9.17) is 4.98 Å². The lowest BCUT2D eigenvalue weighted by Gasteiger charge is -2.18. The fourth-order valence-electron chi connectivity index (χ4n) is 6.39.